The Bertz CT molecular complexity index is 730. The lowest BCUT2D eigenvalue weighted by Gasteiger charge is -2.18. The molecule has 0 spiro atoms. The average Bonchev–Trinajstić information content (AvgIpc) is 2.88. The minimum absolute atomic E-state index is 0.0428. The predicted octanol–water partition coefficient (Wildman–Crippen LogP) is 2.91. The molecule has 0 unspecified atom stereocenters. The third kappa shape index (κ3) is 4.08. The monoisotopic (exact) mass is 299 g/mol. The van der Waals surface area contributed by atoms with E-state index in [1.807, 2.05) is 6.20 Å². The summed E-state index contributed by atoms with van der Waals surface area (Å²) in [6.07, 6.45) is 4.22. The first-order valence-electron chi connectivity index (χ1n) is 7.36. The summed E-state index contributed by atoms with van der Waals surface area (Å²) in [4.78, 5) is 22.8. The van der Waals surface area contributed by atoms with E-state index in [4.69, 9.17) is 4.74 Å². The molecule has 0 saturated carbocycles. The van der Waals surface area contributed by atoms with E-state index < -0.39 is 0 Å². The number of ketones is 1. The molecular weight excluding hydrogens is 278 g/mol. The summed E-state index contributed by atoms with van der Waals surface area (Å²) < 4.78 is 5.85. The third-order valence-corrected chi connectivity index (χ3v) is 2.99. The molecule has 5 nitrogen and oxygen atoms in total. The SMILES string of the molecule is CCC(=O)C#CCc1c[nH]c2ncnc(OCC(C)(C)C)c12. The standard InChI is InChI=1S/C17H21N3O2/c1-5-13(21)8-6-7-12-9-18-15-14(12)16(20-11-19-15)22-10-17(2,3)4/h9,11H,5,7,10H2,1-4H3,(H,18,19,20). The Balaban J connectivity index is 2.27. The minimum atomic E-state index is -0.0553. The van der Waals surface area contributed by atoms with E-state index >= 15 is 0 Å². The molecule has 2 aromatic rings. The molecule has 0 atom stereocenters. The van der Waals surface area contributed by atoms with E-state index in [2.05, 4.69) is 47.6 Å². The molecule has 0 aliphatic rings. The molecule has 0 amide bonds. The van der Waals surface area contributed by atoms with Crippen molar-refractivity contribution in [3.63, 3.8) is 0 Å². The van der Waals surface area contributed by atoms with Crippen LogP contribution in [0, 0.1) is 17.3 Å². The normalized spacial score (nSPS) is 11.1. The van der Waals surface area contributed by atoms with Crippen LogP contribution in [0.3, 0.4) is 0 Å². The maximum absolute atomic E-state index is 11.3. The van der Waals surface area contributed by atoms with Gasteiger partial charge in [0.05, 0.1) is 12.0 Å². The van der Waals surface area contributed by atoms with E-state index in [1.54, 1.807) is 6.92 Å². The van der Waals surface area contributed by atoms with E-state index in [-0.39, 0.29) is 11.2 Å². The van der Waals surface area contributed by atoms with Gasteiger partial charge in [0.1, 0.15) is 12.0 Å². The van der Waals surface area contributed by atoms with Crippen molar-refractivity contribution in [2.75, 3.05) is 6.61 Å². The Hall–Kier alpha value is -2.35. The fraction of sp³-hybridized carbons (Fsp3) is 0.471. The number of nitrogens with one attached hydrogen (secondary N) is 1. The van der Waals surface area contributed by atoms with Gasteiger partial charge in [-0.1, -0.05) is 33.6 Å². The van der Waals surface area contributed by atoms with Crippen LogP contribution in [-0.2, 0) is 11.2 Å². The lowest BCUT2D eigenvalue weighted by Crippen LogP contribution is -2.17. The zero-order valence-corrected chi connectivity index (χ0v) is 13.5. The van der Waals surface area contributed by atoms with Crippen LogP contribution in [0.2, 0.25) is 0 Å². The van der Waals surface area contributed by atoms with Crippen LogP contribution < -0.4 is 4.74 Å². The van der Waals surface area contributed by atoms with Gasteiger partial charge < -0.3 is 9.72 Å². The lowest BCUT2D eigenvalue weighted by molar-refractivity contribution is -0.113. The number of nitrogens with zero attached hydrogens (tertiary/aromatic N) is 2. The predicted molar refractivity (Wildman–Crippen MR) is 85.6 cm³/mol. The number of aromatic nitrogens is 3. The summed E-state index contributed by atoms with van der Waals surface area (Å²) in [6.45, 7) is 8.67. The van der Waals surface area contributed by atoms with Crippen LogP contribution in [0.15, 0.2) is 12.5 Å². The molecule has 0 saturated heterocycles. The first kappa shape index (κ1) is 16.0. The second-order valence-electron chi connectivity index (χ2n) is 6.32. The molecule has 116 valence electrons. The van der Waals surface area contributed by atoms with Crippen LogP contribution in [0.4, 0.5) is 0 Å². The van der Waals surface area contributed by atoms with E-state index in [1.165, 1.54) is 6.33 Å². The number of hydrogen-bond acceptors (Lipinski definition) is 4. The minimum Gasteiger partial charge on any atom is -0.477 e. The summed E-state index contributed by atoms with van der Waals surface area (Å²) in [6, 6.07) is 0. The number of rotatable bonds is 4. The van der Waals surface area contributed by atoms with Gasteiger partial charge in [-0.2, -0.15) is 0 Å². The highest BCUT2D eigenvalue weighted by Crippen LogP contribution is 2.26. The van der Waals surface area contributed by atoms with Crippen LogP contribution in [0.25, 0.3) is 11.0 Å². The number of ether oxygens (including phenoxy) is 1. The van der Waals surface area contributed by atoms with E-state index in [0.717, 1.165) is 16.6 Å². The Labute approximate surface area is 130 Å². The first-order chi connectivity index (χ1) is 10.4. The highest BCUT2D eigenvalue weighted by atomic mass is 16.5. The Morgan fingerprint density at radius 2 is 2.14 bits per heavy atom. The first-order valence-corrected chi connectivity index (χ1v) is 7.36. The highest BCUT2D eigenvalue weighted by molar-refractivity contribution is 5.95. The molecular formula is C17H21N3O2. The molecule has 0 aliphatic carbocycles. The van der Waals surface area contributed by atoms with Crippen molar-refractivity contribution in [3.05, 3.63) is 18.1 Å². The summed E-state index contributed by atoms with van der Waals surface area (Å²) in [5.41, 5.74) is 1.70. The van der Waals surface area contributed by atoms with Gasteiger partial charge in [0.15, 0.2) is 0 Å². The molecule has 22 heavy (non-hydrogen) atoms. The van der Waals surface area contributed by atoms with E-state index in [0.29, 0.717) is 25.3 Å². The smallest absolute Gasteiger partial charge is 0.226 e. The average molecular weight is 299 g/mol. The molecule has 2 heterocycles. The van der Waals surface area contributed by atoms with Crippen molar-refractivity contribution in [2.45, 2.75) is 40.5 Å². The molecule has 0 bridgehead atoms. The second-order valence-corrected chi connectivity index (χ2v) is 6.32. The number of carbonyl (C=O) groups is 1. The van der Waals surface area contributed by atoms with Crippen molar-refractivity contribution in [1.82, 2.24) is 15.0 Å². The third-order valence-electron chi connectivity index (χ3n) is 2.99. The maximum atomic E-state index is 11.3. The van der Waals surface area contributed by atoms with E-state index in [9.17, 15) is 4.79 Å². The summed E-state index contributed by atoms with van der Waals surface area (Å²) in [7, 11) is 0. The topological polar surface area (TPSA) is 67.9 Å². The van der Waals surface area contributed by atoms with Crippen LogP contribution >= 0.6 is 0 Å². The van der Waals surface area contributed by atoms with Gasteiger partial charge in [-0.25, -0.2) is 9.97 Å². The second kappa shape index (κ2) is 6.61. The van der Waals surface area contributed by atoms with Crippen LogP contribution in [0.1, 0.15) is 39.7 Å². The van der Waals surface area contributed by atoms with Crippen LogP contribution in [-0.4, -0.2) is 27.3 Å². The van der Waals surface area contributed by atoms with Gasteiger partial charge in [0, 0.05) is 19.0 Å². The molecule has 0 radical (unpaired) electrons. The zero-order valence-electron chi connectivity index (χ0n) is 13.5. The Morgan fingerprint density at radius 1 is 1.36 bits per heavy atom. The molecule has 2 rings (SSSR count). The van der Waals surface area contributed by atoms with Crippen molar-refractivity contribution in [1.29, 1.82) is 0 Å². The van der Waals surface area contributed by atoms with Crippen LogP contribution in [0.5, 0.6) is 5.88 Å². The Morgan fingerprint density at radius 3 is 2.82 bits per heavy atom. The summed E-state index contributed by atoms with van der Waals surface area (Å²) in [5.74, 6) is 6.03. The van der Waals surface area contributed by atoms with Gasteiger partial charge >= 0.3 is 0 Å². The zero-order chi connectivity index (χ0) is 16.2. The fourth-order valence-corrected chi connectivity index (χ4v) is 1.86. The van der Waals surface area contributed by atoms with Gasteiger partial charge in [-0.15, -0.1) is 0 Å². The Kier molecular flexibility index (Phi) is 4.81. The number of hydrogen-bond donors (Lipinski definition) is 1. The molecule has 0 aliphatic heterocycles. The molecule has 5 heteroatoms. The van der Waals surface area contributed by atoms with Gasteiger partial charge in [0.2, 0.25) is 11.7 Å². The number of fused-ring (bicyclic) bond motifs is 1. The molecule has 0 aromatic carbocycles. The fourth-order valence-electron chi connectivity index (χ4n) is 1.86. The van der Waals surface area contributed by atoms with Crippen molar-refractivity contribution in [3.8, 4) is 17.7 Å². The van der Waals surface area contributed by atoms with Gasteiger partial charge in [0.25, 0.3) is 0 Å². The highest BCUT2D eigenvalue weighted by Gasteiger charge is 2.16. The summed E-state index contributed by atoms with van der Waals surface area (Å²) in [5, 5.41) is 0.838. The number of carbonyl (C=O) groups excluding carboxylic acids is 1. The summed E-state index contributed by atoms with van der Waals surface area (Å²) >= 11 is 0. The molecule has 1 N–H and O–H groups in total. The number of aromatic amines is 1. The van der Waals surface area contributed by atoms with Crippen molar-refractivity contribution in [2.24, 2.45) is 5.41 Å². The lowest BCUT2D eigenvalue weighted by atomic mass is 9.99. The largest absolute Gasteiger partial charge is 0.477 e. The number of H-pyrrole nitrogens is 1. The quantitative estimate of drug-likeness (QED) is 0.696. The van der Waals surface area contributed by atoms with Gasteiger partial charge in [-0.05, 0) is 16.9 Å². The number of Topliss-reactive ketones (excluding diaryl/α,β-unsaturated/α-hetero) is 1. The maximum Gasteiger partial charge on any atom is 0.226 e. The van der Waals surface area contributed by atoms with Crippen molar-refractivity contribution >= 4 is 16.8 Å². The molecule has 2 aromatic heterocycles. The molecule has 0 fully saturated rings. The van der Waals surface area contributed by atoms with Crippen molar-refractivity contribution < 1.29 is 9.53 Å². The van der Waals surface area contributed by atoms with Gasteiger partial charge in [-0.3, -0.25) is 4.79 Å².